The SMILES string of the molecule is CCCS(=O)(=O)c1nc2ccc(N3COCC(C(=O)OC)=C3C(=O)OC)cc2s1. The zero-order chi connectivity index (χ0) is 21.2. The molecule has 0 N–H and O–H groups in total. The highest BCUT2D eigenvalue weighted by molar-refractivity contribution is 7.93. The quantitative estimate of drug-likeness (QED) is 0.621. The van der Waals surface area contributed by atoms with Gasteiger partial charge in [0.1, 0.15) is 12.4 Å². The first-order chi connectivity index (χ1) is 13.8. The average molecular weight is 440 g/mol. The number of carbonyl (C=O) groups is 2. The summed E-state index contributed by atoms with van der Waals surface area (Å²) in [6.45, 7) is 1.71. The molecule has 0 fully saturated rings. The Balaban J connectivity index is 2.08. The molecule has 0 amide bonds. The molecule has 0 aliphatic carbocycles. The number of methoxy groups -OCH3 is 2. The fraction of sp³-hybridized carbons (Fsp3) is 0.389. The molecule has 0 atom stereocenters. The van der Waals surface area contributed by atoms with Crippen molar-refractivity contribution >= 4 is 49.0 Å². The van der Waals surface area contributed by atoms with Crippen LogP contribution in [-0.4, -0.2) is 58.7 Å². The number of aromatic nitrogens is 1. The lowest BCUT2D eigenvalue weighted by Gasteiger charge is -2.31. The largest absolute Gasteiger partial charge is 0.466 e. The lowest BCUT2D eigenvalue weighted by molar-refractivity contribution is -0.140. The Hall–Kier alpha value is -2.50. The zero-order valence-corrected chi connectivity index (χ0v) is 17.8. The molecule has 1 aromatic heterocycles. The van der Waals surface area contributed by atoms with Crippen LogP contribution < -0.4 is 4.90 Å². The van der Waals surface area contributed by atoms with Crippen molar-refractivity contribution in [3.8, 4) is 0 Å². The third-order valence-electron chi connectivity index (χ3n) is 4.24. The summed E-state index contributed by atoms with van der Waals surface area (Å²) in [7, 11) is -1.01. The van der Waals surface area contributed by atoms with E-state index in [0.29, 0.717) is 22.3 Å². The maximum absolute atomic E-state index is 12.4. The Morgan fingerprint density at radius 1 is 1.24 bits per heavy atom. The molecule has 2 heterocycles. The molecular weight excluding hydrogens is 420 g/mol. The predicted molar refractivity (Wildman–Crippen MR) is 106 cm³/mol. The molecule has 0 spiro atoms. The summed E-state index contributed by atoms with van der Waals surface area (Å²) >= 11 is 1.06. The monoisotopic (exact) mass is 440 g/mol. The van der Waals surface area contributed by atoms with Gasteiger partial charge in [-0.3, -0.25) is 0 Å². The number of ether oxygens (including phenoxy) is 3. The van der Waals surface area contributed by atoms with Crippen molar-refractivity contribution in [3.05, 3.63) is 29.5 Å². The number of hydrogen-bond donors (Lipinski definition) is 0. The van der Waals surface area contributed by atoms with Crippen molar-refractivity contribution in [2.24, 2.45) is 0 Å². The smallest absolute Gasteiger partial charge is 0.355 e. The molecule has 0 radical (unpaired) electrons. The van der Waals surface area contributed by atoms with Crippen molar-refractivity contribution < 1.29 is 32.2 Å². The molecular formula is C18H20N2O7S2. The molecule has 1 aliphatic rings. The van der Waals surface area contributed by atoms with Gasteiger partial charge in [0.25, 0.3) is 0 Å². The normalized spacial score (nSPS) is 14.9. The van der Waals surface area contributed by atoms with Crippen molar-refractivity contribution in [2.75, 3.05) is 38.2 Å². The fourth-order valence-electron chi connectivity index (χ4n) is 2.90. The number of esters is 2. The van der Waals surface area contributed by atoms with Crippen molar-refractivity contribution in [1.29, 1.82) is 0 Å². The first kappa shape index (κ1) is 21.2. The van der Waals surface area contributed by atoms with Crippen LogP contribution in [0.15, 0.2) is 33.8 Å². The number of carbonyl (C=O) groups excluding carboxylic acids is 2. The Bertz CT molecular complexity index is 1090. The zero-order valence-electron chi connectivity index (χ0n) is 16.1. The van der Waals surface area contributed by atoms with Gasteiger partial charge in [0.05, 0.1) is 42.4 Å². The standard InChI is InChI=1S/C18H20N2O7S2/c1-4-7-29(23,24)18-19-13-6-5-11(8-14(13)28-18)20-10-27-9-12(16(21)25-2)15(20)17(22)26-3/h5-6,8H,4,7,9-10H2,1-3H3. The van der Waals surface area contributed by atoms with Crippen molar-refractivity contribution in [2.45, 2.75) is 17.7 Å². The highest BCUT2D eigenvalue weighted by atomic mass is 32.2. The van der Waals surface area contributed by atoms with Gasteiger partial charge in [-0.25, -0.2) is 23.0 Å². The van der Waals surface area contributed by atoms with Gasteiger partial charge in [-0.2, -0.15) is 0 Å². The summed E-state index contributed by atoms with van der Waals surface area (Å²) < 4.78 is 40.4. The van der Waals surface area contributed by atoms with Gasteiger partial charge >= 0.3 is 11.9 Å². The first-order valence-corrected chi connectivity index (χ1v) is 11.2. The Morgan fingerprint density at radius 2 is 1.97 bits per heavy atom. The summed E-state index contributed by atoms with van der Waals surface area (Å²) in [6.07, 6.45) is 0.498. The highest BCUT2D eigenvalue weighted by Crippen LogP contribution is 2.33. The van der Waals surface area contributed by atoms with Crippen LogP contribution in [-0.2, 0) is 33.6 Å². The molecule has 0 bridgehead atoms. The Morgan fingerprint density at radius 3 is 2.62 bits per heavy atom. The van der Waals surface area contributed by atoms with Gasteiger partial charge in [-0.1, -0.05) is 6.92 Å². The van der Waals surface area contributed by atoms with Gasteiger partial charge < -0.3 is 19.1 Å². The number of anilines is 1. The number of nitrogens with zero attached hydrogens (tertiary/aromatic N) is 2. The number of thiazole rings is 1. The van der Waals surface area contributed by atoms with Gasteiger partial charge in [0.2, 0.25) is 14.2 Å². The topological polar surface area (TPSA) is 112 Å². The molecule has 0 saturated heterocycles. The van der Waals surface area contributed by atoms with Gasteiger partial charge in [0, 0.05) is 5.69 Å². The van der Waals surface area contributed by atoms with Gasteiger partial charge in [0.15, 0.2) is 0 Å². The van der Waals surface area contributed by atoms with E-state index in [4.69, 9.17) is 14.2 Å². The van der Waals surface area contributed by atoms with Crippen LogP contribution in [0.3, 0.4) is 0 Å². The van der Waals surface area contributed by atoms with E-state index in [2.05, 4.69) is 4.98 Å². The minimum Gasteiger partial charge on any atom is -0.466 e. The number of rotatable bonds is 6. The molecule has 1 aliphatic heterocycles. The van der Waals surface area contributed by atoms with E-state index in [1.807, 2.05) is 0 Å². The Kier molecular flexibility index (Phi) is 6.20. The second-order valence-electron chi connectivity index (χ2n) is 6.17. The first-order valence-electron chi connectivity index (χ1n) is 8.70. The lowest BCUT2D eigenvalue weighted by atomic mass is 10.1. The van der Waals surface area contributed by atoms with Crippen molar-refractivity contribution in [1.82, 2.24) is 4.98 Å². The third kappa shape index (κ3) is 4.11. The number of fused-ring (bicyclic) bond motifs is 1. The van der Waals surface area contributed by atoms with E-state index in [1.165, 1.54) is 19.1 Å². The van der Waals surface area contributed by atoms with E-state index >= 15 is 0 Å². The molecule has 3 rings (SSSR count). The summed E-state index contributed by atoms with van der Waals surface area (Å²) in [5.74, 6) is -1.37. The maximum atomic E-state index is 12.4. The highest BCUT2D eigenvalue weighted by Gasteiger charge is 2.32. The molecule has 0 unspecified atom stereocenters. The number of benzene rings is 1. The van der Waals surface area contributed by atoms with E-state index in [-0.39, 0.29) is 34.7 Å². The molecule has 29 heavy (non-hydrogen) atoms. The Labute approximate surface area is 171 Å². The van der Waals surface area contributed by atoms with Crippen molar-refractivity contribution in [3.63, 3.8) is 0 Å². The van der Waals surface area contributed by atoms with Crippen LogP contribution >= 0.6 is 11.3 Å². The fourth-order valence-corrected chi connectivity index (χ4v) is 5.60. The minimum absolute atomic E-state index is 0.0101. The molecule has 1 aromatic carbocycles. The third-order valence-corrected chi connectivity index (χ3v) is 7.63. The molecule has 0 saturated carbocycles. The van der Waals surface area contributed by atoms with E-state index in [0.717, 1.165) is 11.3 Å². The second-order valence-corrected chi connectivity index (χ2v) is 9.48. The molecule has 11 heteroatoms. The second kappa shape index (κ2) is 8.47. The van der Waals surface area contributed by atoms with E-state index in [1.54, 1.807) is 25.1 Å². The summed E-state index contributed by atoms with van der Waals surface area (Å²) in [5.41, 5.74) is 1.12. The van der Waals surface area contributed by atoms with Crippen LogP contribution in [0.4, 0.5) is 5.69 Å². The van der Waals surface area contributed by atoms with Crippen LogP contribution in [0.5, 0.6) is 0 Å². The number of sulfone groups is 1. The van der Waals surface area contributed by atoms with Crippen LogP contribution in [0.1, 0.15) is 13.3 Å². The van der Waals surface area contributed by atoms with Crippen LogP contribution in [0.2, 0.25) is 0 Å². The van der Waals surface area contributed by atoms with Crippen LogP contribution in [0, 0.1) is 0 Å². The molecule has 156 valence electrons. The summed E-state index contributed by atoms with van der Waals surface area (Å²) in [5, 5.41) is 0. The van der Waals surface area contributed by atoms with E-state index in [9.17, 15) is 18.0 Å². The lowest BCUT2D eigenvalue weighted by Crippen LogP contribution is -2.38. The summed E-state index contributed by atoms with van der Waals surface area (Å²) in [4.78, 5) is 30.2. The van der Waals surface area contributed by atoms with E-state index < -0.39 is 21.8 Å². The number of hydrogen-bond acceptors (Lipinski definition) is 10. The van der Waals surface area contributed by atoms with Gasteiger partial charge in [-0.15, -0.1) is 11.3 Å². The molecule has 2 aromatic rings. The summed E-state index contributed by atoms with van der Waals surface area (Å²) in [6, 6.07) is 5.03. The van der Waals surface area contributed by atoms with Gasteiger partial charge in [-0.05, 0) is 24.6 Å². The minimum atomic E-state index is -3.44. The average Bonchev–Trinajstić information content (AvgIpc) is 3.16. The maximum Gasteiger partial charge on any atom is 0.355 e. The molecule has 9 nitrogen and oxygen atoms in total. The predicted octanol–water partition coefficient (Wildman–Crippen LogP) is 1.87. The van der Waals surface area contributed by atoms with Crippen LogP contribution in [0.25, 0.3) is 10.2 Å².